The number of rotatable bonds is 14. The molecule has 0 radical (unpaired) electrons. The molecular weight excluding hydrogens is 684 g/mol. The topological polar surface area (TPSA) is 141 Å². The first-order valence-corrected chi connectivity index (χ1v) is 17.6. The van der Waals surface area contributed by atoms with Crippen LogP contribution in [0.1, 0.15) is 87.5 Å². The third kappa shape index (κ3) is 9.85. The van der Waals surface area contributed by atoms with Crippen LogP contribution in [-0.2, 0) is 60.8 Å². The Morgan fingerprint density at radius 3 is 2.04 bits per heavy atom. The molecule has 2 fully saturated rings. The summed E-state index contributed by atoms with van der Waals surface area (Å²) in [5.41, 5.74) is 2.71. The van der Waals surface area contributed by atoms with Gasteiger partial charge in [0.2, 0.25) is 0 Å². The molecule has 53 heavy (non-hydrogen) atoms. The molecule has 0 unspecified atom stereocenters. The summed E-state index contributed by atoms with van der Waals surface area (Å²) >= 11 is 0. The lowest BCUT2D eigenvalue weighted by atomic mass is 9.98. The Morgan fingerprint density at radius 1 is 0.755 bits per heavy atom. The Morgan fingerprint density at radius 2 is 1.40 bits per heavy atom. The van der Waals surface area contributed by atoms with Crippen molar-refractivity contribution in [2.45, 2.75) is 98.0 Å². The number of hydrogen-bond acceptors (Lipinski definition) is 11. The fraction of sp³-hybridized carbons (Fsp3) is 0.450. The molecule has 282 valence electrons. The van der Waals surface area contributed by atoms with Crippen molar-refractivity contribution in [1.29, 1.82) is 0 Å². The molecule has 5 rings (SSSR count). The van der Waals surface area contributed by atoms with E-state index in [1.165, 1.54) is 20.8 Å². The third-order valence-electron chi connectivity index (χ3n) is 9.32. The van der Waals surface area contributed by atoms with Crippen molar-refractivity contribution < 1.29 is 61.5 Å². The summed E-state index contributed by atoms with van der Waals surface area (Å²) in [4.78, 5) is 48.0. The SMILES string of the molecule is C=C(OCc1ccc(COC(=O)c2ccc[n+]([C@@H]3O[C@H](COC(C)=O)[C@@H](OC(C)=O)[C@H]3C)c2)cc1)c1cc[c-][n+]([C@@H]2O[C@H](CC)[C@@H](C)[C@H]2OC(C)=O)c1. The number of carbonyl (C=O) groups excluding carboxylic acids is 4. The molecule has 0 amide bonds. The molecule has 2 aliphatic heterocycles. The van der Waals surface area contributed by atoms with Crippen LogP contribution >= 0.6 is 0 Å². The van der Waals surface area contributed by atoms with Crippen molar-refractivity contribution in [2.75, 3.05) is 6.61 Å². The Hall–Kier alpha value is -5.14. The van der Waals surface area contributed by atoms with E-state index in [2.05, 4.69) is 12.8 Å². The van der Waals surface area contributed by atoms with E-state index in [1.54, 1.807) is 39.7 Å². The van der Waals surface area contributed by atoms with E-state index in [1.807, 2.05) is 57.3 Å². The van der Waals surface area contributed by atoms with E-state index in [9.17, 15) is 19.2 Å². The van der Waals surface area contributed by atoms with Crippen LogP contribution in [0.25, 0.3) is 5.76 Å². The summed E-state index contributed by atoms with van der Waals surface area (Å²) in [6.07, 6.45) is 6.21. The minimum absolute atomic E-state index is 0.0230. The monoisotopic (exact) mass is 731 g/mol. The molecule has 0 spiro atoms. The molecule has 0 bridgehead atoms. The highest BCUT2D eigenvalue weighted by molar-refractivity contribution is 5.88. The highest BCUT2D eigenvalue weighted by atomic mass is 16.6. The van der Waals surface area contributed by atoms with Gasteiger partial charge in [0.15, 0.2) is 18.5 Å². The van der Waals surface area contributed by atoms with Gasteiger partial charge in [-0.25, -0.2) is 4.79 Å². The van der Waals surface area contributed by atoms with E-state index in [0.29, 0.717) is 11.3 Å². The summed E-state index contributed by atoms with van der Waals surface area (Å²) in [5, 5.41) is 0. The van der Waals surface area contributed by atoms with Gasteiger partial charge in [-0.1, -0.05) is 44.7 Å². The largest absolute Gasteiger partial charge is 0.491 e. The zero-order valence-corrected chi connectivity index (χ0v) is 30.9. The fourth-order valence-electron chi connectivity index (χ4n) is 6.58. The number of carbonyl (C=O) groups is 4. The number of benzene rings is 1. The molecule has 1 aromatic carbocycles. The lowest BCUT2D eigenvalue weighted by Crippen LogP contribution is -2.46. The van der Waals surface area contributed by atoms with Crippen LogP contribution in [-0.4, -0.2) is 54.9 Å². The fourth-order valence-corrected chi connectivity index (χ4v) is 6.58. The summed E-state index contributed by atoms with van der Waals surface area (Å²) in [6.45, 7) is 14.3. The van der Waals surface area contributed by atoms with E-state index < -0.39 is 48.7 Å². The third-order valence-corrected chi connectivity index (χ3v) is 9.32. The number of hydrogen-bond donors (Lipinski definition) is 0. The molecule has 2 saturated heterocycles. The molecule has 13 heteroatoms. The standard InChI is InChI=1S/C40H47N2O11/c1-8-34-24(2)37(51-29(7)45)39(52-34)42-18-9-11-32(19-42)26(4)47-21-30-13-15-31(16-14-30)22-49-40(46)33-12-10-17-41(20-33)38-25(3)36(50-28(6)44)35(53-38)23-48-27(5)43/h9-17,19-20,24-25,34-39H,4,8,21-23H2,1-3,5-7H3/q+1/t24-,25-,34-,35-,36+,37-,38-,39-/m1/s1. The first kappa shape index (κ1) is 39.1. The van der Waals surface area contributed by atoms with Crippen molar-refractivity contribution in [3.05, 3.63) is 102 Å². The van der Waals surface area contributed by atoms with Gasteiger partial charge in [0.05, 0.1) is 18.2 Å². The quantitative estimate of drug-likeness (QED) is 0.0761. The van der Waals surface area contributed by atoms with Gasteiger partial charge in [-0.3, -0.25) is 19.0 Å². The maximum atomic E-state index is 13.1. The van der Waals surface area contributed by atoms with Gasteiger partial charge < -0.3 is 33.2 Å². The van der Waals surface area contributed by atoms with Gasteiger partial charge >= 0.3 is 23.9 Å². The molecular formula is C40H47N2O11+. The van der Waals surface area contributed by atoms with Crippen LogP contribution in [0.15, 0.2) is 73.7 Å². The van der Waals surface area contributed by atoms with Crippen LogP contribution in [0.5, 0.6) is 0 Å². The van der Waals surface area contributed by atoms with Crippen LogP contribution < -0.4 is 9.13 Å². The van der Waals surface area contributed by atoms with Gasteiger partial charge in [-0.2, -0.15) is 4.57 Å². The highest BCUT2D eigenvalue weighted by Crippen LogP contribution is 2.35. The van der Waals surface area contributed by atoms with Crippen molar-refractivity contribution in [3.8, 4) is 0 Å². The van der Waals surface area contributed by atoms with Crippen LogP contribution in [0.4, 0.5) is 0 Å². The Balaban J connectivity index is 1.14. The second-order valence-electron chi connectivity index (χ2n) is 13.3. The Labute approximate surface area is 309 Å². The number of ether oxygens (including phenoxy) is 7. The van der Waals surface area contributed by atoms with Crippen molar-refractivity contribution in [2.24, 2.45) is 11.8 Å². The zero-order chi connectivity index (χ0) is 38.2. The zero-order valence-electron chi connectivity index (χ0n) is 30.9. The summed E-state index contributed by atoms with van der Waals surface area (Å²) in [7, 11) is 0. The first-order valence-electron chi connectivity index (χ1n) is 17.6. The van der Waals surface area contributed by atoms with Gasteiger partial charge in [-0.05, 0) is 36.1 Å². The number of esters is 4. The molecule has 2 aliphatic rings. The molecule has 4 heterocycles. The number of pyridine rings is 2. The van der Waals surface area contributed by atoms with E-state index >= 15 is 0 Å². The predicted molar refractivity (Wildman–Crippen MR) is 186 cm³/mol. The van der Waals surface area contributed by atoms with Crippen LogP contribution in [0.3, 0.4) is 0 Å². The second kappa shape index (κ2) is 17.6. The lowest BCUT2D eigenvalue weighted by molar-refractivity contribution is -0.768. The normalized spacial score (nSPS) is 24.9. The predicted octanol–water partition coefficient (Wildman–Crippen LogP) is 4.51. The molecule has 3 aromatic rings. The molecule has 13 nitrogen and oxygen atoms in total. The maximum absolute atomic E-state index is 13.1. The highest BCUT2D eigenvalue weighted by Gasteiger charge is 2.50. The van der Waals surface area contributed by atoms with Gasteiger partial charge in [0.1, 0.15) is 49.5 Å². The summed E-state index contributed by atoms with van der Waals surface area (Å²) < 4.78 is 43.7. The first-order chi connectivity index (χ1) is 25.3. The Kier molecular flexibility index (Phi) is 13.0. The van der Waals surface area contributed by atoms with E-state index in [-0.39, 0.29) is 43.7 Å². The number of nitrogens with zero attached hydrogens (tertiary/aromatic N) is 2. The molecule has 0 saturated carbocycles. The Bertz CT molecular complexity index is 1800. The van der Waals surface area contributed by atoms with Crippen molar-refractivity contribution in [1.82, 2.24) is 0 Å². The van der Waals surface area contributed by atoms with E-state index in [0.717, 1.165) is 23.1 Å². The summed E-state index contributed by atoms with van der Waals surface area (Å²) in [5.74, 6) is -1.66. The maximum Gasteiger partial charge on any atom is 0.344 e. The van der Waals surface area contributed by atoms with Crippen molar-refractivity contribution in [3.63, 3.8) is 0 Å². The van der Waals surface area contributed by atoms with E-state index in [4.69, 9.17) is 33.2 Å². The molecule has 2 aromatic heterocycles. The van der Waals surface area contributed by atoms with Crippen molar-refractivity contribution >= 4 is 29.6 Å². The summed E-state index contributed by atoms with van der Waals surface area (Å²) in [6, 6.07) is 14.4. The molecule has 0 aliphatic carbocycles. The van der Waals surface area contributed by atoms with Crippen LogP contribution in [0.2, 0.25) is 0 Å². The lowest BCUT2D eigenvalue weighted by Gasteiger charge is -2.20. The minimum Gasteiger partial charge on any atom is -0.491 e. The average molecular weight is 732 g/mol. The van der Waals surface area contributed by atoms with Crippen LogP contribution in [0, 0.1) is 18.0 Å². The number of aromatic nitrogens is 2. The smallest absolute Gasteiger partial charge is 0.344 e. The average Bonchev–Trinajstić information content (AvgIpc) is 3.62. The van der Waals surface area contributed by atoms with Gasteiger partial charge in [0, 0.05) is 32.8 Å². The second-order valence-corrected chi connectivity index (χ2v) is 13.3. The molecule has 0 N–H and O–H groups in total. The minimum atomic E-state index is -0.668. The molecule has 8 atom stereocenters. The van der Waals surface area contributed by atoms with Gasteiger partial charge in [-0.15, -0.1) is 12.1 Å². The van der Waals surface area contributed by atoms with Gasteiger partial charge in [0.25, 0.3) is 12.5 Å².